The van der Waals surface area contributed by atoms with Crippen molar-refractivity contribution in [3.63, 3.8) is 0 Å². The molecule has 6 nitrogen and oxygen atoms in total. The summed E-state index contributed by atoms with van der Waals surface area (Å²) in [5.74, 6) is 0.369. The molecule has 0 fully saturated rings. The highest BCUT2D eigenvalue weighted by Gasteiger charge is 2.15. The van der Waals surface area contributed by atoms with Gasteiger partial charge in [0.1, 0.15) is 0 Å². The predicted octanol–water partition coefficient (Wildman–Crippen LogP) is 0.791. The second-order valence-corrected chi connectivity index (χ2v) is 5.72. The molecule has 3 N–H and O–H groups in total. The first-order valence-electron chi connectivity index (χ1n) is 6.25. The highest BCUT2D eigenvalue weighted by molar-refractivity contribution is 5.91. The molecule has 1 aromatic rings. The van der Waals surface area contributed by atoms with E-state index in [0.717, 1.165) is 13.0 Å². The van der Waals surface area contributed by atoms with Crippen molar-refractivity contribution >= 4 is 5.91 Å². The van der Waals surface area contributed by atoms with Crippen molar-refractivity contribution < 1.29 is 4.79 Å². The second-order valence-electron chi connectivity index (χ2n) is 5.72. The van der Waals surface area contributed by atoms with Gasteiger partial charge in [-0.1, -0.05) is 19.1 Å². The van der Waals surface area contributed by atoms with Crippen molar-refractivity contribution in [2.45, 2.75) is 46.2 Å². The zero-order valence-electron chi connectivity index (χ0n) is 11.6. The maximum atomic E-state index is 11.8. The third-order valence-corrected chi connectivity index (χ3v) is 2.41. The zero-order chi connectivity index (χ0) is 13.8. The standard InChI is InChI=1S/C12H23N5O/c1-9(2)5-6-17-7-10(15-16-17)11(18)14-8-12(3,4)13/h7,9H,5-6,8,13H2,1-4H3,(H,14,18). The van der Waals surface area contributed by atoms with Gasteiger partial charge in [-0.25, -0.2) is 0 Å². The average molecular weight is 253 g/mol. The summed E-state index contributed by atoms with van der Waals surface area (Å²) in [6.07, 6.45) is 2.68. The quantitative estimate of drug-likeness (QED) is 0.785. The molecule has 1 heterocycles. The van der Waals surface area contributed by atoms with Crippen LogP contribution in [0.1, 0.15) is 44.6 Å². The van der Waals surface area contributed by atoms with Gasteiger partial charge in [0.15, 0.2) is 5.69 Å². The third kappa shape index (κ3) is 5.27. The Morgan fingerprint density at radius 2 is 2.22 bits per heavy atom. The van der Waals surface area contributed by atoms with Crippen LogP contribution in [-0.2, 0) is 6.54 Å². The van der Waals surface area contributed by atoms with Crippen LogP contribution in [-0.4, -0.2) is 33.0 Å². The number of aryl methyl sites for hydroxylation is 1. The molecule has 0 spiro atoms. The van der Waals surface area contributed by atoms with Crippen LogP contribution >= 0.6 is 0 Å². The topological polar surface area (TPSA) is 85.8 Å². The molecule has 6 heteroatoms. The summed E-state index contributed by atoms with van der Waals surface area (Å²) in [5, 5.41) is 10.5. The highest BCUT2D eigenvalue weighted by Crippen LogP contribution is 2.02. The van der Waals surface area contributed by atoms with Gasteiger partial charge < -0.3 is 11.1 Å². The first-order chi connectivity index (χ1) is 8.28. The van der Waals surface area contributed by atoms with Gasteiger partial charge >= 0.3 is 0 Å². The maximum Gasteiger partial charge on any atom is 0.273 e. The molecule has 0 saturated carbocycles. The molecule has 0 aliphatic rings. The number of hydrogen-bond donors (Lipinski definition) is 2. The van der Waals surface area contributed by atoms with E-state index in [9.17, 15) is 4.79 Å². The van der Waals surface area contributed by atoms with E-state index in [-0.39, 0.29) is 5.91 Å². The van der Waals surface area contributed by atoms with E-state index < -0.39 is 5.54 Å². The summed E-state index contributed by atoms with van der Waals surface area (Å²) in [6, 6.07) is 0. The number of nitrogens with zero attached hydrogens (tertiary/aromatic N) is 3. The van der Waals surface area contributed by atoms with Gasteiger partial charge in [0.25, 0.3) is 5.91 Å². The van der Waals surface area contributed by atoms with Crippen LogP contribution < -0.4 is 11.1 Å². The number of nitrogens with two attached hydrogens (primary N) is 1. The van der Waals surface area contributed by atoms with Crippen molar-refractivity contribution in [1.29, 1.82) is 0 Å². The van der Waals surface area contributed by atoms with E-state index in [2.05, 4.69) is 29.5 Å². The lowest BCUT2D eigenvalue weighted by atomic mass is 10.1. The van der Waals surface area contributed by atoms with Gasteiger partial charge in [-0.15, -0.1) is 5.10 Å². The maximum absolute atomic E-state index is 11.8. The fraction of sp³-hybridized carbons (Fsp3) is 0.750. The molecule has 0 unspecified atom stereocenters. The highest BCUT2D eigenvalue weighted by atomic mass is 16.2. The van der Waals surface area contributed by atoms with Crippen LogP contribution in [0.4, 0.5) is 0 Å². The largest absolute Gasteiger partial charge is 0.349 e. The van der Waals surface area contributed by atoms with Crippen molar-refractivity contribution in [1.82, 2.24) is 20.3 Å². The summed E-state index contributed by atoms with van der Waals surface area (Å²) < 4.78 is 1.70. The lowest BCUT2D eigenvalue weighted by molar-refractivity contribution is 0.0941. The summed E-state index contributed by atoms with van der Waals surface area (Å²) in [5.41, 5.74) is 5.70. The molecule has 0 aromatic carbocycles. The summed E-state index contributed by atoms with van der Waals surface area (Å²) in [7, 11) is 0. The molecule has 0 aliphatic carbocycles. The lowest BCUT2D eigenvalue weighted by Crippen LogP contribution is -2.45. The molecule has 0 aliphatic heterocycles. The number of rotatable bonds is 6. The Hall–Kier alpha value is -1.43. The van der Waals surface area contributed by atoms with Crippen molar-refractivity contribution in [3.8, 4) is 0 Å². The van der Waals surface area contributed by atoms with E-state index in [1.165, 1.54) is 0 Å². The van der Waals surface area contributed by atoms with Gasteiger partial charge in [-0.3, -0.25) is 9.48 Å². The molecule has 0 atom stereocenters. The number of carbonyl (C=O) groups is 1. The first-order valence-corrected chi connectivity index (χ1v) is 6.25. The molecule has 0 saturated heterocycles. The molecule has 1 amide bonds. The average Bonchev–Trinajstić information content (AvgIpc) is 2.70. The molecule has 18 heavy (non-hydrogen) atoms. The summed E-state index contributed by atoms with van der Waals surface area (Å²) in [4.78, 5) is 11.8. The minimum Gasteiger partial charge on any atom is -0.349 e. The van der Waals surface area contributed by atoms with Crippen LogP contribution in [0.3, 0.4) is 0 Å². The predicted molar refractivity (Wildman–Crippen MR) is 70.1 cm³/mol. The smallest absolute Gasteiger partial charge is 0.273 e. The molecule has 1 aromatic heterocycles. The first kappa shape index (κ1) is 14.6. The Morgan fingerprint density at radius 1 is 1.56 bits per heavy atom. The summed E-state index contributed by atoms with van der Waals surface area (Å²) >= 11 is 0. The van der Waals surface area contributed by atoms with E-state index in [1.54, 1.807) is 10.9 Å². The zero-order valence-corrected chi connectivity index (χ0v) is 11.6. The monoisotopic (exact) mass is 253 g/mol. The van der Waals surface area contributed by atoms with E-state index in [4.69, 9.17) is 5.73 Å². The van der Waals surface area contributed by atoms with Crippen LogP contribution in [0, 0.1) is 5.92 Å². The van der Waals surface area contributed by atoms with Crippen LogP contribution in [0.15, 0.2) is 6.20 Å². The molecule has 0 radical (unpaired) electrons. The molecular formula is C12H23N5O. The fourth-order valence-electron chi connectivity index (χ4n) is 1.30. The normalized spacial score (nSPS) is 11.9. The third-order valence-electron chi connectivity index (χ3n) is 2.41. The van der Waals surface area contributed by atoms with Gasteiger partial charge in [0, 0.05) is 18.6 Å². The van der Waals surface area contributed by atoms with Gasteiger partial charge in [0.2, 0.25) is 0 Å². The SMILES string of the molecule is CC(C)CCn1cc(C(=O)NCC(C)(C)N)nn1. The Bertz CT molecular complexity index is 391. The second kappa shape index (κ2) is 5.95. The molecule has 102 valence electrons. The number of amides is 1. The Balaban J connectivity index is 2.49. The van der Waals surface area contributed by atoms with Crippen LogP contribution in [0.25, 0.3) is 0 Å². The van der Waals surface area contributed by atoms with Gasteiger partial charge in [0.05, 0.1) is 6.20 Å². The van der Waals surface area contributed by atoms with E-state index in [1.807, 2.05) is 13.8 Å². The number of carbonyl (C=O) groups excluding carboxylic acids is 1. The molecule has 1 rings (SSSR count). The Kier molecular flexibility index (Phi) is 4.84. The lowest BCUT2D eigenvalue weighted by Gasteiger charge is -2.18. The Labute approximate surface area is 108 Å². The van der Waals surface area contributed by atoms with Gasteiger partial charge in [-0.05, 0) is 26.2 Å². The Morgan fingerprint density at radius 3 is 2.78 bits per heavy atom. The van der Waals surface area contributed by atoms with Gasteiger partial charge in [-0.2, -0.15) is 0 Å². The number of nitrogens with one attached hydrogen (secondary N) is 1. The minimum atomic E-state index is -0.427. The summed E-state index contributed by atoms with van der Waals surface area (Å²) in [6.45, 7) is 9.19. The molecular weight excluding hydrogens is 230 g/mol. The molecule has 0 bridgehead atoms. The van der Waals surface area contributed by atoms with E-state index in [0.29, 0.717) is 18.2 Å². The van der Waals surface area contributed by atoms with Crippen LogP contribution in [0.2, 0.25) is 0 Å². The number of aromatic nitrogens is 3. The van der Waals surface area contributed by atoms with Crippen molar-refractivity contribution in [3.05, 3.63) is 11.9 Å². The number of hydrogen-bond acceptors (Lipinski definition) is 4. The minimum absolute atomic E-state index is 0.232. The van der Waals surface area contributed by atoms with Crippen molar-refractivity contribution in [2.75, 3.05) is 6.54 Å². The van der Waals surface area contributed by atoms with Crippen molar-refractivity contribution in [2.24, 2.45) is 11.7 Å². The van der Waals surface area contributed by atoms with E-state index >= 15 is 0 Å². The van der Waals surface area contributed by atoms with Crippen LogP contribution in [0.5, 0.6) is 0 Å². The fourth-order valence-corrected chi connectivity index (χ4v) is 1.30.